The van der Waals surface area contributed by atoms with Crippen molar-refractivity contribution >= 4 is 57.6 Å². The van der Waals surface area contributed by atoms with Crippen molar-refractivity contribution in [3.8, 4) is 11.5 Å². The second-order valence-corrected chi connectivity index (χ2v) is 9.04. The molecule has 4 rings (SSSR count). The van der Waals surface area contributed by atoms with Gasteiger partial charge in [0.1, 0.15) is 22.4 Å². The first-order valence-electron chi connectivity index (χ1n) is 9.43. The lowest BCUT2D eigenvalue weighted by atomic mass is 10.1. The van der Waals surface area contributed by atoms with E-state index in [0.717, 1.165) is 36.6 Å². The summed E-state index contributed by atoms with van der Waals surface area (Å²) in [4.78, 5) is 11.1. The Balaban J connectivity index is 0.00000256. The molecule has 0 saturated heterocycles. The molecule has 0 saturated carbocycles. The van der Waals surface area contributed by atoms with Crippen molar-refractivity contribution in [2.24, 2.45) is 9.98 Å². The van der Waals surface area contributed by atoms with E-state index in [1.165, 1.54) is 0 Å². The summed E-state index contributed by atoms with van der Waals surface area (Å²) < 4.78 is 32.6. The van der Waals surface area contributed by atoms with Gasteiger partial charge in [-0.2, -0.15) is 0 Å². The predicted octanol–water partition coefficient (Wildman–Crippen LogP) is 4.83. The van der Waals surface area contributed by atoms with Crippen LogP contribution in [-0.2, 0) is 10.0 Å². The minimum Gasteiger partial charge on any atom is -0.456 e. The standard InChI is InChI=1S/C20H21ClN4O3S.ClH/c1-2-11-29(26,27)24-17-5-3-6-18(19(17)21)28-14-7-8-16-15(12-14)20-22-9-4-10-25(20)13-23-16;/h3,5-8,12-13,24H,2,4,9-11H2,1H3;1H. The molecule has 2 heterocycles. The van der Waals surface area contributed by atoms with E-state index in [1.807, 2.05) is 23.4 Å². The van der Waals surface area contributed by atoms with E-state index < -0.39 is 10.0 Å². The summed E-state index contributed by atoms with van der Waals surface area (Å²) in [7, 11) is -3.45. The lowest BCUT2D eigenvalue weighted by molar-refractivity contribution is 0.482. The molecule has 2 aliphatic rings. The molecule has 0 aliphatic carbocycles. The Bertz CT molecular complexity index is 1100. The fourth-order valence-electron chi connectivity index (χ4n) is 3.26. The number of rotatable bonds is 6. The van der Waals surface area contributed by atoms with Crippen LogP contribution in [0, 0.1) is 0 Å². The maximum Gasteiger partial charge on any atom is 0.232 e. The summed E-state index contributed by atoms with van der Waals surface area (Å²) in [5.74, 6) is 1.85. The number of sulfonamides is 1. The number of nitrogens with one attached hydrogen (secondary N) is 1. The summed E-state index contributed by atoms with van der Waals surface area (Å²) in [6, 6.07) is 10.6. The van der Waals surface area contributed by atoms with Crippen LogP contribution < -0.4 is 9.46 Å². The van der Waals surface area contributed by atoms with Crippen LogP contribution >= 0.6 is 24.0 Å². The third kappa shape index (κ3) is 4.71. The van der Waals surface area contributed by atoms with Crippen molar-refractivity contribution in [2.45, 2.75) is 19.8 Å². The highest BCUT2D eigenvalue weighted by Crippen LogP contribution is 2.37. The van der Waals surface area contributed by atoms with Crippen LogP contribution in [0.3, 0.4) is 0 Å². The summed E-state index contributed by atoms with van der Waals surface area (Å²) in [5, 5.41) is 0.208. The number of fused-ring (bicyclic) bond motifs is 3. The van der Waals surface area contributed by atoms with Gasteiger partial charge in [0, 0.05) is 18.7 Å². The van der Waals surface area contributed by atoms with E-state index in [-0.39, 0.29) is 23.2 Å². The van der Waals surface area contributed by atoms with Crippen molar-refractivity contribution in [2.75, 3.05) is 23.6 Å². The van der Waals surface area contributed by atoms with Gasteiger partial charge < -0.3 is 9.64 Å². The predicted molar refractivity (Wildman–Crippen MR) is 124 cm³/mol. The van der Waals surface area contributed by atoms with Crippen molar-refractivity contribution in [1.82, 2.24) is 4.90 Å². The fraction of sp³-hybridized carbons (Fsp3) is 0.300. The zero-order valence-corrected chi connectivity index (χ0v) is 18.7. The molecule has 0 bridgehead atoms. The van der Waals surface area contributed by atoms with Crippen LogP contribution in [0.25, 0.3) is 0 Å². The lowest BCUT2D eigenvalue weighted by Crippen LogP contribution is -2.36. The molecular formula is C20H22Cl2N4O3S. The van der Waals surface area contributed by atoms with Crippen LogP contribution in [0.15, 0.2) is 46.4 Å². The first-order chi connectivity index (χ1) is 14.0. The van der Waals surface area contributed by atoms with Crippen LogP contribution in [0.4, 0.5) is 11.4 Å². The van der Waals surface area contributed by atoms with E-state index in [4.69, 9.17) is 16.3 Å². The average Bonchev–Trinajstić information content (AvgIpc) is 2.70. The number of aliphatic imine (C=N–C) groups is 2. The van der Waals surface area contributed by atoms with Gasteiger partial charge in [0.15, 0.2) is 0 Å². The van der Waals surface area contributed by atoms with Gasteiger partial charge in [-0.05, 0) is 43.2 Å². The molecule has 0 spiro atoms. The van der Waals surface area contributed by atoms with Gasteiger partial charge in [0.05, 0.1) is 23.5 Å². The molecule has 0 aromatic heterocycles. The molecule has 1 N–H and O–H groups in total. The largest absolute Gasteiger partial charge is 0.456 e. The lowest BCUT2D eigenvalue weighted by Gasteiger charge is -2.29. The Hall–Kier alpha value is -2.29. The summed E-state index contributed by atoms with van der Waals surface area (Å²) in [6.45, 7) is 3.48. The van der Waals surface area contributed by atoms with E-state index in [2.05, 4.69) is 14.7 Å². The monoisotopic (exact) mass is 468 g/mol. The zero-order valence-electron chi connectivity index (χ0n) is 16.3. The molecule has 2 aromatic carbocycles. The first kappa shape index (κ1) is 22.4. The van der Waals surface area contributed by atoms with E-state index in [0.29, 0.717) is 23.6 Å². The van der Waals surface area contributed by atoms with Crippen molar-refractivity contribution in [3.05, 3.63) is 47.0 Å². The third-order valence-electron chi connectivity index (χ3n) is 4.57. The van der Waals surface area contributed by atoms with Crippen molar-refractivity contribution < 1.29 is 13.2 Å². The summed E-state index contributed by atoms with van der Waals surface area (Å²) >= 11 is 6.41. The third-order valence-corrected chi connectivity index (χ3v) is 6.43. The van der Waals surface area contributed by atoms with Gasteiger partial charge in [-0.1, -0.05) is 24.6 Å². The van der Waals surface area contributed by atoms with Gasteiger partial charge in [-0.15, -0.1) is 12.4 Å². The molecule has 10 heteroatoms. The van der Waals surface area contributed by atoms with Gasteiger partial charge in [-0.25, -0.2) is 13.4 Å². The second kappa shape index (κ2) is 9.24. The Morgan fingerprint density at radius 1 is 1.27 bits per heavy atom. The molecule has 0 unspecified atom stereocenters. The molecule has 7 nitrogen and oxygen atoms in total. The van der Waals surface area contributed by atoms with Crippen molar-refractivity contribution in [1.29, 1.82) is 0 Å². The molecule has 2 aromatic rings. The molecule has 0 amide bonds. The number of benzene rings is 2. The summed E-state index contributed by atoms with van der Waals surface area (Å²) in [6.07, 6.45) is 3.32. The quantitative estimate of drug-likeness (QED) is 0.657. The van der Waals surface area contributed by atoms with Crippen molar-refractivity contribution in [3.63, 3.8) is 0 Å². The minimum atomic E-state index is -3.45. The van der Waals surface area contributed by atoms with Gasteiger partial charge in [-0.3, -0.25) is 9.71 Å². The molecule has 160 valence electrons. The van der Waals surface area contributed by atoms with Crippen LogP contribution in [-0.4, -0.2) is 44.3 Å². The minimum absolute atomic E-state index is 0. The number of halogens is 2. The Kier molecular flexibility index (Phi) is 6.90. The zero-order chi connectivity index (χ0) is 20.4. The van der Waals surface area contributed by atoms with Crippen LogP contribution in [0.2, 0.25) is 5.02 Å². The molecule has 0 atom stereocenters. The topological polar surface area (TPSA) is 83.4 Å². The number of hydrogen-bond donors (Lipinski definition) is 1. The first-order valence-corrected chi connectivity index (χ1v) is 11.5. The van der Waals surface area contributed by atoms with E-state index in [1.54, 1.807) is 31.2 Å². The number of anilines is 1. The number of ether oxygens (including phenoxy) is 1. The SMILES string of the molecule is CCCS(=O)(=O)Nc1cccc(Oc2ccc3c(c2)C2=NCCCN2C=N3)c1Cl.Cl. The highest BCUT2D eigenvalue weighted by Gasteiger charge is 2.23. The molecule has 0 fully saturated rings. The molecule has 30 heavy (non-hydrogen) atoms. The Labute approximate surface area is 187 Å². The number of hydrogen-bond acceptors (Lipinski definition) is 6. The molecular weight excluding hydrogens is 447 g/mol. The number of amidine groups is 1. The Morgan fingerprint density at radius 2 is 2.10 bits per heavy atom. The average molecular weight is 469 g/mol. The molecule has 0 radical (unpaired) electrons. The van der Waals surface area contributed by atoms with E-state index >= 15 is 0 Å². The van der Waals surface area contributed by atoms with Crippen LogP contribution in [0.5, 0.6) is 11.5 Å². The van der Waals surface area contributed by atoms with Gasteiger partial charge in [0.25, 0.3) is 0 Å². The number of nitrogens with zero attached hydrogens (tertiary/aromatic N) is 3. The fourth-order valence-corrected chi connectivity index (χ4v) is 4.67. The van der Waals surface area contributed by atoms with Gasteiger partial charge in [0.2, 0.25) is 10.0 Å². The summed E-state index contributed by atoms with van der Waals surface area (Å²) in [5.41, 5.74) is 2.03. The highest BCUT2D eigenvalue weighted by atomic mass is 35.5. The smallest absolute Gasteiger partial charge is 0.232 e. The molecule has 2 aliphatic heterocycles. The second-order valence-electron chi connectivity index (χ2n) is 6.82. The normalized spacial score (nSPS) is 14.9. The maximum absolute atomic E-state index is 12.1. The maximum atomic E-state index is 12.1. The Morgan fingerprint density at radius 3 is 2.90 bits per heavy atom. The highest BCUT2D eigenvalue weighted by molar-refractivity contribution is 7.92. The van der Waals surface area contributed by atoms with Crippen LogP contribution in [0.1, 0.15) is 25.3 Å². The van der Waals surface area contributed by atoms with E-state index in [9.17, 15) is 8.42 Å². The van der Waals surface area contributed by atoms with Gasteiger partial charge >= 0.3 is 0 Å².